The molecule has 0 aliphatic carbocycles. The van der Waals surface area contributed by atoms with Crippen LogP contribution in [0.5, 0.6) is 0 Å². The zero-order valence-corrected chi connectivity index (χ0v) is 27.7. The van der Waals surface area contributed by atoms with Crippen LogP contribution in [0.1, 0.15) is 79.3 Å². The van der Waals surface area contributed by atoms with Crippen molar-refractivity contribution in [2.24, 2.45) is 0 Å². The molecule has 0 fully saturated rings. The van der Waals surface area contributed by atoms with Gasteiger partial charge in [-0.25, -0.2) is 9.78 Å². The standard InChI is InChI=1S/C37H44N6O5/c1-3-5-6-10-23-48-37(46)41-34(38)27-15-13-26(14-16-27)24-31-35-40-30-25-28(17-18-32(30)43(35)22-20-39-31)36(45)42(21-19-33(44)47-4-2)29-11-8-7-9-12-29/h7-9,11-18,25,31,39H,3-6,10,19-24H2,1-2H3,(H2,38,41,46). The molecule has 1 aromatic heterocycles. The van der Waals surface area contributed by atoms with Crippen LogP contribution in [0.3, 0.4) is 0 Å². The van der Waals surface area contributed by atoms with E-state index < -0.39 is 6.09 Å². The van der Waals surface area contributed by atoms with Gasteiger partial charge >= 0.3 is 12.1 Å². The van der Waals surface area contributed by atoms with Gasteiger partial charge in [0.15, 0.2) is 0 Å². The van der Waals surface area contributed by atoms with E-state index in [4.69, 9.17) is 19.9 Å². The van der Waals surface area contributed by atoms with Crippen LogP contribution in [0, 0.1) is 5.41 Å². The van der Waals surface area contributed by atoms with Gasteiger partial charge in [0.1, 0.15) is 11.7 Å². The maximum Gasteiger partial charge on any atom is 0.412 e. The van der Waals surface area contributed by atoms with Gasteiger partial charge in [-0.05, 0) is 55.7 Å². The number of carbonyl (C=O) groups is 3. The SMILES string of the molecule is CCCCCCOC(=O)NC(=N)c1ccc(CC2NCCn3c2nc2cc(C(=O)N(CCC(=O)OCC)c4ccccc4)ccc23)cc1. The van der Waals surface area contributed by atoms with Crippen LogP contribution in [0.15, 0.2) is 72.8 Å². The summed E-state index contributed by atoms with van der Waals surface area (Å²) in [5, 5.41) is 14.4. The van der Waals surface area contributed by atoms with Crippen molar-refractivity contribution in [1.29, 1.82) is 5.41 Å². The molecule has 1 unspecified atom stereocenters. The first kappa shape index (κ1) is 34.3. The Balaban J connectivity index is 1.26. The number of alkyl carbamates (subject to hydrolysis) is 1. The van der Waals surface area contributed by atoms with Gasteiger partial charge in [-0.2, -0.15) is 0 Å². The summed E-state index contributed by atoms with van der Waals surface area (Å²) < 4.78 is 12.5. The number of benzene rings is 3. The van der Waals surface area contributed by atoms with E-state index in [-0.39, 0.29) is 36.7 Å². The first-order chi connectivity index (χ1) is 23.4. The molecule has 2 heterocycles. The van der Waals surface area contributed by atoms with Crippen molar-refractivity contribution >= 4 is 40.5 Å². The fourth-order valence-corrected chi connectivity index (χ4v) is 5.88. The van der Waals surface area contributed by atoms with E-state index in [1.165, 1.54) is 0 Å². The third-order valence-corrected chi connectivity index (χ3v) is 8.36. The Morgan fingerprint density at radius 2 is 1.75 bits per heavy atom. The molecule has 3 aromatic carbocycles. The summed E-state index contributed by atoms with van der Waals surface area (Å²) >= 11 is 0. The van der Waals surface area contributed by atoms with Gasteiger partial charge in [0.25, 0.3) is 5.91 Å². The molecule has 252 valence electrons. The molecule has 1 aliphatic rings. The number of anilines is 1. The number of ether oxygens (including phenoxy) is 2. The second kappa shape index (κ2) is 16.7. The van der Waals surface area contributed by atoms with Gasteiger partial charge in [-0.15, -0.1) is 0 Å². The summed E-state index contributed by atoms with van der Waals surface area (Å²) in [7, 11) is 0. The minimum atomic E-state index is -0.611. The van der Waals surface area contributed by atoms with Crippen molar-refractivity contribution in [3.05, 3.63) is 95.3 Å². The van der Waals surface area contributed by atoms with Crippen LogP contribution in [0.4, 0.5) is 10.5 Å². The maximum atomic E-state index is 13.8. The summed E-state index contributed by atoms with van der Waals surface area (Å²) in [6.07, 6.45) is 4.21. The number of unbranched alkanes of at least 4 members (excludes halogenated alkanes) is 3. The highest BCUT2D eigenvalue weighted by Crippen LogP contribution is 2.28. The number of para-hydroxylation sites is 1. The summed E-state index contributed by atoms with van der Waals surface area (Å²) in [5.41, 5.74) is 4.53. The molecule has 5 rings (SSSR count). The molecule has 0 bridgehead atoms. The zero-order chi connectivity index (χ0) is 33.9. The fourth-order valence-electron chi connectivity index (χ4n) is 5.88. The van der Waals surface area contributed by atoms with Crippen LogP contribution >= 0.6 is 0 Å². The van der Waals surface area contributed by atoms with E-state index in [2.05, 4.69) is 22.1 Å². The molecule has 0 radical (unpaired) electrons. The molecule has 1 atom stereocenters. The van der Waals surface area contributed by atoms with Crippen LogP contribution in [-0.2, 0) is 27.2 Å². The van der Waals surface area contributed by atoms with E-state index in [1.54, 1.807) is 11.8 Å². The highest BCUT2D eigenvalue weighted by molar-refractivity contribution is 6.08. The number of amides is 2. The third-order valence-electron chi connectivity index (χ3n) is 8.36. The van der Waals surface area contributed by atoms with E-state index in [9.17, 15) is 14.4 Å². The van der Waals surface area contributed by atoms with E-state index >= 15 is 0 Å². The lowest BCUT2D eigenvalue weighted by Gasteiger charge is -2.25. The molecule has 0 spiro atoms. The average Bonchev–Trinajstić information content (AvgIpc) is 3.48. The van der Waals surface area contributed by atoms with Gasteiger partial charge < -0.3 is 24.3 Å². The Labute approximate surface area is 281 Å². The number of imidazole rings is 1. The number of hydrogen-bond acceptors (Lipinski definition) is 8. The number of rotatable bonds is 14. The molecule has 1 aliphatic heterocycles. The molecule has 11 nitrogen and oxygen atoms in total. The molecule has 3 N–H and O–H groups in total. The second-order valence-electron chi connectivity index (χ2n) is 11.8. The Bertz CT molecular complexity index is 1720. The number of fused-ring (bicyclic) bond motifs is 3. The Hall–Kier alpha value is -5.03. The topological polar surface area (TPSA) is 139 Å². The van der Waals surface area contributed by atoms with Crippen molar-refractivity contribution in [1.82, 2.24) is 20.2 Å². The third kappa shape index (κ3) is 8.65. The highest BCUT2D eigenvalue weighted by atomic mass is 16.5. The fraction of sp³-hybridized carbons (Fsp3) is 0.378. The Morgan fingerprint density at radius 3 is 2.50 bits per heavy atom. The molecule has 11 heteroatoms. The van der Waals surface area contributed by atoms with Crippen molar-refractivity contribution in [3.63, 3.8) is 0 Å². The summed E-state index contributed by atoms with van der Waals surface area (Å²) in [6.45, 7) is 6.25. The molecule has 48 heavy (non-hydrogen) atoms. The predicted octanol–water partition coefficient (Wildman–Crippen LogP) is 6.16. The number of hydrogen-bond donors (Lipinski definition) is 3. The van der Waals surface area contributed by atoms with Crippen LogP contribution < -0.4 is 15.5 Å². The smallest absolute Gasteiger partial charge is 0.412 e. The van der Waals surface area contributed by atoms with Crippen LogP contribution in [0.2, 0.25) is 0 Å². The number of nitrogens with one attached hydrogen (secondary N) is 3. The largest absolute Gasteiger partial charge is 0.466 e. The lowest BCUT2D eigenvalue weighted by atomic mass is 10.0. The van der Waals surface area contributed by atoms with Crippen LogP contribution in [-0.4, -0.2) is 59.7 Å². The molecular weight excluding hydrogens is 608 g/mol. The molecular formula is C37H44N6O5. The van der Waals surface area contributed by atoms with E-state index in [0.717, 1.165) is 61.2 Å². The Kier molecular flexibility index (Phi) is 11.9. The highest BCUT2D eigenvalue weighted by Gasteiger charge is 2.26. The minimum absolute atomic E-state index is 0.00485. The average molecular weight is 653 g/mol. The second-order valence-corrected chi connectivity index (χ2v) is 11.8. The predicted molar refractivity (Wildman–Crippen MR) is 185 cm³/mol. The normalized spacial score (nSPS) is 13.8. The first-order valence-corrected chi connectivity index (χ1v) is 16.8. The lowest BCUT2D eigenvalue weighted by Crippen LogP contribution is -2.35. The molecule has 0 saturated carbocycles. The van der Waals surface area contributed by atoms with Crippen molar-refractivity contribution in [3.8, 4) is 0 Å². The number of nitrogens with zero attached hydrogens (tertiary/aromatic N) is 3. The summed E-state index contributed by atoms with van der Waals surface area (Å²) in [5.74, 6) is 0.325. The first-order valence-electron chi connectivity index (χ1n) is 16.8. The van der Waals surface area contributed by atoms with Crippen LogP contribution in [0.25, 0.3) is 11.0 Å². The summed E-state index contributed by atoms with van der Waals surface area (Å²) in [4.78, 5) is 44.6. The lowest BCUT2D eigenvalue weighted by molar-refractivity contribution is -0.142. The Morgan fingerprint density at radius 1 is 0.979 bits per heavy atom. The summed E-state index contributed by atoms with van der Waals surface area (Å²) in [6, 6.07) is 22.4. The van der Waals surface area contributed by atoms with Crippen molar-refractivity contribution in [2.45, 2.75) is 65.0 Å². The van der Waals surface area contributed by atoms with Gasteiger partial charge in [-0.1, -0.05) is 68.7 Å². The van der Waals surface area contributed by atoms with E-state index in [1.807, 2.05) is 72.8 Å². The number of amidine groups is 1. The van der Waals surface area contributed by atoms with Crippen molar-refractivity contribution in [2.75, 3.05) is 31.2 Å². The van der Waals surface area contributed by atoms with Crippen molar-refractivity contribution < 1.29 is 23.9 Å². The monoisotopic (exact) mass is 652 g/mol. The van der Waals surface area contributed by atoms with Gasteiger partial charge in [0.2, 0.25) is 0 Å². The minimum Gasteiger partial charge on any atom is -0.466 e. The van der Waals surface area contributed by atoms with Gasteiger partial charge in [-0.3, -0.25) is 20.3 Å². The number of aromatic nitrogens is 2. The number of carbonyl (C=O) groups excluding carboxylic acids is 3. The quantitative estimate of drug-likeness (QED) is 0.0642. The van der Waals surface area contributed by atoms with Gasteiger partial charge in [0, 0.05) is 36.4 Å². The molecule has 4 aromatic rings. The van der Waals surface area contributed by atoms with Gasteiger partial charge in [0.05, 0.1) is 36.7 Å². The molecule has 0 saturated heterocycles. The number of esters is 1. The zero-order valence-electron chi connectivity index (χ0n) is 27.7. The maximum absolute atomic E-state index is 13.8. The molecule has 2 amide bonds. The van der Waals surface area contributed by atoms with E-state index in [0.29, 0.717) is 36.4 Å².